The summed E-state index contributed by atoms with van der Waals surface area (Å²) in [6.07, 6.45) is 0. The summed E-state index contributed by atoms with van der Waals surface area (Å²) in [5.41, 5.74) is -3.09. The molecule has 8 heteroatoms. The molecule has 2 amide bonds. The Morgan fingerprint density at radius 2 is 1.62 bits per heavy atom. The highest BCUT2D eigenvalue weighted by atomic mass is 16.5. The molecule has 162 valence electrons. The molecule has 2 atom stereocenters. The molecule has 0 saturated heterocycles. The summed E-state index contributed by atoms with van der Waals surface area (Å²) >= 11 is 0. The molecule has 0 N–H and O–H groups in total. The van der Waals surface area contributed by atoms with Crippen LogP contribution in [-0.2, 0) is 24.5 Å². The van der Waals surface area contributed by atoms with E-state index < -0.39 is 46.1 Å². The number of ketones is 2. The predicted molar refractivity (Wildman–Crippen MR) is 110 cm³/mol. The molecule has 2 aromatic carbocycles. The zero-order chi connectivity index (χ0) is 23.0. The maximum atomic E-state index is 13.9. The summed E-state index contributed by atoms with van der Waals surface area (Å²) in [5, 5.41) is 0. The lowest BCUT2D eigenvalue weighted by Crippen LogP contribution is -2.40. The Morgan fingerprint density at radius 1 is 1.00 bits per heavy atom. The van der Waals surface area contributed by atoms with Gasteiger partial charge in [-0.2, -0.15) is 0 Å². The van der Waals surface area contributed by atoms with Gasteiger partial charge in [-0.1, -0.05) is 24.3 Å². The molecule has 0 radical (unpaired) electrons. The first-order valence-corrected chi connectivity index (χ1v) is 10.2. The summed E-state index contributed by atoms with van der Waals surface area (Å²) in [4.78, 5) is 67.9. The average Bonchev–Trinajstić information content (AvgIpc) is 3.28. The van der Waals surface area contributed by atoms with E-state index in [-0.39, 0.29) is 29.0 Å². The summed E-state index contributed by atoms with van der Waals surface area (Å²) in [6, 6.07) is 10.9. The smallest absolute Gasteiger partial charge is 0.311 e. The normalized spacial score (nSPS) is 24.0. The summed E-state index contributed by atoms with van der Waals surface area (Å²) in [7, 11) is 1.43. The van der Waals surface area contributed by atoms with E-state index in [0.29, 0.717) is 5.75 Å². The van der Waals surface area contributed by atoms with Crippen LogP contribution in [0.2, 0.25) is 0 Å². The summed E-state index contributed by atoms with van der Waals surface area (Å²) < 4.78 is 10.5. The van der Waals surface area contributed by atoms with Gasteiger partial charge in [-0.15, -0.1) is 0 Å². The minimum Gasteiger partial charge on any atom is -0.497 e. The van der Waals surface area contributed by atoms with Crippen LogP contribution in [0, 0.1) is 11.3 Å². The van der Waals surface area contributed by atoms with E-state index in [9.17, 15) is 24.0 Å². The molecule has 0 aromatic heterocycles. The molecule has 2 aliphatic carbocycles. The molecule has 0 bridgehead atoms. The number of imide groups is 1. The van der Waals surface area contributed by atoms with Crippen molar-refractivity contribution in [2.45, 2.75) is 19.3 Å². The predicted octanol–water partition coefficient (Wildman–Crippen LogP) is 2.08. The van der Waals surface area contributed by atoms with Crippen molar-refractivity contribution < 1.29 is 33.4 Å². The van der Waals surface area contributed by atoms with Crippen LogP contribution in [-0.4, -0.2) is 43.1 Å². The van der Waals surface area contributed by atoms with Crippen molar-refractivity contribution in [3.05, 3.63) is 59.2 Å². The Morgan fingerprint density at radius 3 is 2.16 bits per heavy atom. The molecular formula is C24H19NO7. The average molecular weight is 433 g/mol. The molecule has 1 fully saturated rings. The molecule has 32 heavy (non-hydrogen) atoms. The van der Waals surface area contributed by atoms with Crippen molar-refractivity contribution in [3.63, 3.8) is 0 Å². The van der Waals surface area contributed by atoms with E-state index in [1.54, 1.807) is 25.1 Å². The Hall–Kier alpha value is -3.81. The number of methoxy groups -OCH3 is 1. The number of nitrogens with zero attached hydrogens (tertiary/aromatic N) is 1. The van der Waals surface area contributed by atoms with Gasteiger partial charge in [0.05, 0.1) is 25.3 Å². The van der Waals surface area contributed by atoms with Crippen molar-refractivity contribution >= 4 is 35.0 Å². The van der Waals surface area contributed by atoms with Gasteiger partial charge in [-0.25, -0.2) is 4.90 Å². The van der Waals surface area contributed by atoms with Gasteiger partial charge in [0.15, 0.2) is 11.6 Å². The van der Waals surface area contributed by atoms with Gasteiger partial charge in [0.2, 0.25) is 11.8 Å². The number of anilines is 1. The molecule has 2 aromatic rings. The van der Waals surface area contributed by atoms with E-state index in [1.807, 2.05) is 0 Å². The fourth-order valence-electron chi connectivity index (χ4n) is 5.61. The molecule has 1 saturated carbocycles. The molecule has 8 nitrogen and oxygen atoms in total. The van der Waals surface area contributed by atoms with Crippen molar-refractivity contribution in [3.8, 4) is 5.75 Å². The van der Waals surface area contributed by atoms with Crippen LogP contribution in [0.1, 0.15) is 40.1 Å². The largest absolute Gasteiger partial charge is 0.497 e. The third kappa shape index (κ3) is 1.96. The maximum absolute atomic E-state index is 13.9. The lowest BCUT2D eigenvalue weighted by molar-refractivity contribution is -0.146. The minimum atomic E-state index is -1.99. The first-order valence-electron chi connectivity index (χ1n) is 10.2. The summed E-state index contributed by atoms with van der Waals surface area (Å²) in [5.74, 6) is -4.42. The Balaban J connectivity index is 1.84. The fraction of sp³-hybridized carbons (Fsp3) is 0.292. The quantitative estimate of drug-likeness (QED) is 0.539. The highest BCUT2D eigenvalue weighted by molar-refractivity contribution is 6.42. The number of Topliss-reactive ketones (excluding diaryl/α,β-unsaturated/α-hetero) is 2. The molecule has 5 rings (SSSR count). The van der Waals surface area contributed by atoms with Crippen LogP contribution in [0.15, 0.2) is 42.5 Å². The Kier molecular flexibility index (Phi) is 3.99. The number of hydrogen-bond donors (Lipinski definition) is 0. The van der Waals surface area contributed by atoms with Gasteiger partial charge in [0, 0.05) is 18.1 Å². The molecule has 1 heterocycles. The van der Waals surface area contributed by atoms with Gasteiger partial charge < -0.3 is 9.47 Å². The third-order valence-electron chi connectivity index (χ3n) is 6.78. The number of rotatable bonds is 3. The first kappa shape index (κ1) is 20.1. The van der Waals surface area contributed by atoms with Crippen LogP contribution >= 0.6 is 0 Å². The lowest BCUT2D eigenvalue weighted by Gasteiger charge is -2.15. The van der Waals surface area contributed by atoms with Crippen LogP contribution in [0.25, 0.3) is 0 Å². The number of esters is 1. The standard InChI is InChI=1S/C24H19NO7/c1-4-32-21(29)18-23(24(18)19(27)14-7-5-6-8-15(14)20(24)28)16-11-13(31-3)9-10-17(16)25(12(2)26)22(23)30/h5-11,18H,4H2,1-3H3. The van der Waals surface area contributed by atoms with E-state index in [2.05, 4.69) is 0 Å². The highest BCUT2D eigenvalue weighted by Crippen LogP contribution is 2.78. The number of ether oxygens (including phenoxy) is 2. The molecule has 2 spiro atoms. The number of fused-ring (bicyclic) bond motifs is 4. The minimum absolute atomic E-state index is 0.00635. The van der Waals surface area contributed by atoms with Crippen LogP contribution < -0.4 is 9.64 Å². The van der Waals surface area contributed by atoms with Crippen LogP contribution in [0.4, 0.5) is 5.69 Å². The van der Waals surface area contributed by atoms with Gasteiger partial charge >= 0.3 is 5.97 Å². The van der Waals surface area contributed by atoms with Crippen molar-refractivity contribution in [2.24, 2.45) is 11.3 Å². The van der Waals surface area contributed by atoms with Gasteiger partial charge in [-0.3, -0.25) is 24.0 Å². The second kappa shape index (κ2) is 6.35. The third-order valence-corrected chi connectivity index (χ3v) is 6.78. The summed E-state index contributed by atoms with van der Waals surface area (Å²) in [6.45, 7) is 2.82. The van der Waals surface area contributed by atoms with E-state index in [1.165, 1.54) is 38.3 Å². The van der Waals surface area contributed by atoms with E-state index >= 15 is 0 Å². The highest BCUT2D eigenvalue weighted by Gasteiger charge is 2.94. The van der Waals surface area contributed by atoms with Crippen LogP contribution in [0.5, 0.6) is 5.75 Å². The Bertz CT molecular complexity index is 1230. The zero-order valence-corrected chi connectivity index (χ0v) is 17.6. The molecule has 2 unspecified atom stereocenters. The van der Waals surface area contributed by atoms with Crippen molar-refractivity contribution in [1.82, 2.24) is 0 Å². The van der Waals surface area contributed by atoms with Gasteiger partial charge in [-0.05, 0) is 30.7 Å². The fourth-order valence-corrected chi connectivity index (χ4v) is 5.61. The van der Waals surface area contributed by atoms with Gasteiger partial charge in [0.25, 0.3) is 0 Å². The SMILES string of the molecule is CCOC(=O)C1C2(C(=O)c3ccccc3C2=O)C12C(=O)N(C(C)=O)c1ccc(OC)cc12. The number of amides is 2. The van der Waals surface area contributed by atoms with Crippen LogP contribution in [0.3, 0.4) is 0 Å². The second-order valence-electron chi connectivity index (χ2n) is 8.05. The topological polar surface area (TPSA) is 107 Å². The second-order valence-corrected chi connectivity index (χ2v) is 8.05. The van der Waals surface area contributed by atoms with Crippen molar-refractivity contribution in [1.29, 1.82) is 0 Å². The monoisotopic (exact) mass is 433 g/mol. The molecule has 3 aliphatic rings. The van der Waals surface area contributed by atoms with Gasteiger partial charge in [0.1, 0.15) is 16.6 Å². The van der Waals surface area contributed by atoms with E-state index in [0.717, 1.165) is 4.90 Å². The first-order chi connectivity index (χ1) is 15.3. The Labute approximate surface area is 183 Å². The number of carbonyl (C=O) groups is 5. The zero-order valence-electron chi connectivity index (χ0n) is 17.6. The van der Waals surface area contributed by atoms with Crippen molar-refractivity contribution in [2.75, 3.05) is 18.6 Å². The molecular weight excluding hydrogens is 414 g/mol. The molecule has 1 aliphatic heterocycles. The number of benzene rings is 2. The van der Waals surface area contributed by atoms with E-state index in [4.69, 9.17) is 9.47 Å². The lowest BCUT2D eigenvalue weighted by atomic mass is 9.83. The number of carbonyl (C=O) groups excluding carboxylic acids is 5. The number of hydrogen-bond acceptors (Lipinski definition) is 7. The maximum Gasteiger partial charge on any atom is 0.311 e.